The van der Waals surface area contributed by atoms with E-state index in [4.69, 9.17) is 16.2 Å². The molecule has 0 saturated heterocycles. The Kier molecular flexibility index (Phi) is 6.20. The van der Waals surface area contributed by atoms with Gasteiger partial charge in [0.15, 0.2) is 0 Å². The van der Waals surface area contributed by atoms with E-state index in [1.807, 2.05) is 7.05 Å². The summed E-state index contributed by atoms with van der Waals surface area (Å²) in [6, 6.07) is -0.00587. The van der Waals surface area contributed by atoms with Crippen LogP contribution in [-0.2, 0) is 11.3 Å². The molecule has 1 aromatic heterocycles. The maximum Gasteiger partial charge on any atom is 0.145 e. The molecule has 0 unspecified atom stereocenters. The molecule has 6 N–H and O–H groups in total. The largest absolute Gasteiger partial charge is 0.397 e. The van der Waals surface area contributed by atoms with Crippen LogP contribution in [0.3, 0.4) is 0 Å². The van der Waals surface area contributed by atoms with E-state index in [1.165, 1.54) is 0 Å². The van der Waals surface area contributed by atoms with Crippen molar-refractivity contribution in [1.29, 1.82) is 0 Å². The smallest absolute Gasteiger partial charge is 0.145 e. The zero-order valence-corrected chi connectivity index (χ0v) is 11.4. The molecular weight excluding hydrogens is 244 g/mol. The third-order valence-electron chi connectivity index (χ3n) is 2.50. The fourth-order valence-corrected chi connectivity index (χ4v) is 1.63. The van der Waals surface area contributed by atoms with E-state index in [-0.39, 0.29) is 6.04 Å². The quantitative estimate of drug-likeness (QED) is 0.502. The maximum absolute atomic E-state index is 5.68. The van der Waals surface area contributed by atoms with Crippen molar-refractivity contribution in [1.82, 2.24) is 15.3 Å². The highest BCUT2D eigenvalue weighted by molar-refractivity contribution is 5.59. The Labute approximate surface area is 113 Å². The lowest BCUT2D eigenvalue weighted by molar-refractivity contribution is 0.187. The van der Waals surface area contributed by atoms with E-state index >= 15 is 0 Å². The van der Waals surface area contributed by atoms with Gasteiger partial charge in [0, 0.05) is 20.2 Å². The zero-order chi connectivity index (χ0) is 14.3. The Balaban J connectivity index is 2.91. The average molecular weight is 266 g/mol. The van der Waals surface area contributed by atoms with E-state index in [0.717, 1.165) is 5.69 Å². The molecule has 7 nitrogen and oxygen atoms in total. The SMILES string of the molecule is C=C(N)c1ncc(N[C@@H](CN)COC)nc1CNC. The van der Waals surface area contributed by atoms with E-state index in [0.29, 0.717) is 36.9 Å². The van der Waals surface area contributed by atoms with Crippen molar-refractivity contribution >= 4 is 11.5 Å². The molecule has 1 aromatic rings. The fraction of sp³-hybridized carbons (Fsp3) is 0.500. The van der Waals surface area contributed by atoms with Crippen molar-refractivity contribution in [2.24, 2.45) is 11.5 Å². The van der Waals surface area contributed by atoms with Crippen LogP contribution in [0.4, 0.5) is 5.82 Å². The molecule has 1 rings (SSSR count). The van der Waals surface area contributed by atoms with Crippen LogP contribution in [0.15, 0.2) is 12.8 Å². The lowest BCUT2D eigenvalue weighted by Crippen LogP contribution is -2.33. The van der Waals surface area contributed by atoms with Crippen molar-refractivity contribution in [3.05, 3.63) is 24.2 Å². The second-order valence-electron chi connectivity index (χ2n) is 4.14. The van der Waals surface area contributed by atoms with Gasteiger partial charge in [-0.15, -0.1) is 0 Å². The van der Waals surface area contributed by atoms with Crippen LogP contribution in [0.2, 0.25) is 0 Å². The Bertz CT molecular complexity index is 423. The minimum atomic E-state index is -0.00587. The number of nitrogens with two attached hydrogens (primary N) is 2. The normalized spacial score (nSPS) is 12.2. The third-order valence-corrected chi connectivity index (χ3v) is 2.50. The van der Waals surface area contributed by atoms with Gasteiger partial charge >= 0.3 is 0 Å². The molecule has 0 aliphatic carbocycles. The molecule has 0 spiro atoms. The van der Waals surface area contributed by atoms with E-state index in [2.05, 4.69) is 27.2 Å². The number of methoxy groups -OCH3 is 1. The van der Waals surface area contributed by atoms with Crippen LogP contribution in [0.25, 0.3) is 5.70 Å². The molecule has 1 atom stereocenters. The summed E-state index contributed by atoms with van der Waals surface area (Å²) in [6.07, 6.45) is 1.62. The van der Waals surface area contributed by atoms with Crippen molar-refractivity contribution in [2.45, 2.75) is 12.6 Å². The number of hydrogen-bond donors (Lipinski definition) is 4. The average Bonchev–Trinajstić information content (AvgIpc) is 2.38. The van der Waals surface area contributed by atoms with Crippen LogP contribution in [0.1, 0.15) is 11.4 Å². The molecule has 0 bridgehead atoms. The Morgan fingerprint density at radius 1 is 1.58 bits per heavy atom. The number of rotatable bonds is 8. The summed E-state index contributed by atoms with van der Waals surface area (Å²) < 4.78 is 5.07. The Hall–Kier alpha value is -1.70. The minimum absolute atomic E-state index is 0.00587. The topological polar surface area (TPSA) is 111 Å². The highest BCUT2D eigenvalue weighted by Crippen LogP contribution is 2.13. The monoisotopic (exact) mass is 266 g/mol. The Morgan fingerprint density at radius 2 is 2.32 bits per heavy atom. The standard InChI is InChI=1S/C12H22N6O/c1-8(14)12-10(5-15-2)18-11(6-16-12)17-9(4-13)7-19-3/h6,9,15H,1,4-5,7,13-14H2,2-3H3,(H,17,18)/t9-/m0/s1. The van der Waals surface area contributed by atoms with Gasteiger partial charge in [0.25, 0.3) is 0 Å². The zero-order valence-electron chi connectivity index (χ0n) is 11.4. The first-order valence-corrected chi connectivity index (χ1v) is 6.03. The van der Waals surface area contributed by atoms with Crippen molar-refractivity contribution < 1.29 is 4.74 Å². The molecule has 0 amide bonds. The summed E-state index contributed by atoms with van der Waals surface area (Å²) in [7, 11) is 3.46. The summed E-state index contributed by atoms with van der Waals surface area (Å²) in [6.45, 7) is 5.20. The fourth-order valence-electron chi connectivity index (χ4n) is 1.63. The minimum Gasteiger partial charge on any atom is -0.397 e. The van der Waals surface area contributed by atoms with Crippen LogP contribution >= 0.6 is 0 Å². The molecule has 0 aromatic carbocycles. The maximum atomic E-state index is 5.68. The predicted octanol–water partition coefficient (Wildman–Crippen LogP) is -0.489. The Morgan fingerprint density at radius 3 is 2.84 bits per heavy atom. The molecule has 0 radical (unpaired) electrons. The number of hydrogen-bond acceptors (Lipinski definition) is 7. The number of nitrogens with one attached hydrogen (secondary N) is 2. The van der Waals surface area contributed by atoms with Crippen molar-refractivity contribution in [2.75, 3.05) is 32.6 Å². The molecule has 0 saturated carbocycles. The highest BCUT2D eigenvalue weighted by Gasteiger charge is 2.11. The highest BCUT2D eigenvalue weighted by atomic mass is 16.5. The molecule has 0 fully saturated rings. The number of anilines is 1. The van der Waals surface area contributed by atoms with Gasteiger partial charge in [-0.1, -0.05) is 6.58 Å². The summed E-state index contributed by atoms with van der Waals surface area (Å²) in [5.41, 5.74) is 13.1. The van der Waals surface area contributed by atoms with E-state index < -0.39 is 0 Å². The van der Waals surface area contributed by atoms with Crippen LogP contribution in [0.5, 0.6) is 0 Å². The van der Waals surface area contributed by atoms with Gasteiger partial charge in [0.05, 0.1) is 30.2 Å². The summed E-state index contributed by atoms with van der Waals surface area (Å²) >= 11 is 0. The molecule has 19 heavy (non-hydrogen) atoms. The first-order chi connectivity index (χ1) is 9.12. The predicted molar refractivity (Wildman–Crippen MR) is 76.4 cm³/mol. The van der Waals surface area contributed by atoms with Gasteiger partial charge in [0.2, 0.25) is 0 Å². The van der Waals surface area contributed by atoms with Crippen LogP contribution in [-0.4, -0.2) is 43.3 Å². The van der Waals surface area contributed by atoms with Gasteiger partial charge < -0.3 is 26.8 Å². The molecule has 7 heteroatoms. The summed E-state index contributed by atoms with van der Waals surface area (Å²) in [5, 5.41) is 6.20. The first-order valence-electron chi connectivity index (χ1n) is 6.03. The number of ether oxygens (including phenoxy) is 1. The first kappa shape index (κ1) is 15.4. The summed E-state index contributed by atoms with van der Waals surface area (Å²) in [4.78, 5) is 8.74. The molecule has 106 valence electrons. The van der Waals surface area contributed by atoms with Gasteiger partial charge in [-0.3, -0.25) is 0 Å². The van der Waals surface area contributed by atoms with Crippen LogP contribution in [0, 0.1) is 0 Å². The van der Waals surface area contributed by atoms with E-state index in [9.17, 15) is 0 Å². The van der Waals surface area contributed by atoms with Crippen molar-refractivity contribution in [3.8, 4) is 0 Å². The molecule has 0 aliphatic rings. The summed E-state index contributed by atoms with van der Waals surface area (Å²) in [5.74, 6) is 0.641. The van der Waals surface area contributed by atoms with Gasteiger partial charge in [-0.25, -0.2) is 9.97 Å². The van der Waals surface area contributed by atoms with E-state index in [1.54, 1.807) is 13.3 Å². The van der Waals surface area contributed by atoms with Gasteiger partial charge in [-0.2, -0.15) is 0 Å². The van der Waals surface area contributed by atoms with Gasteiger partial charge in [-0.05, 0) is 7.05 Å². The lowest BCUT2D eigenvalue weighted by atomic mass is 10.2. The molecule has 1 heterocycles. The second-order valence-corrected chi connectivity index (χ2v) is 4.14. The van der Waals surface area contributed by atoms with Crippen LogP contribution < -0.4 is 22.1 Å². The molecular formula is C12H22N6O. The number of nitrogens with zero attached hydrogens (tertiary/aromatic N) is 2. The third kappa shape index (κ3) is 4.47. The second kappa shape index (κ2) is 7.67. The van der Waals surface area contributed by atoms with Crippen molar-refractivity contribution in [3.63, 3.8) is 0 Å². The van der Waals surface area contributed by atoms with Gasteiger partial charge in [0.1, 0.15) is 11.5 Å². The lowest BCUT2D eigenvalue weighted by Gasteiger charge is -2.17. The molecule has 0 aliphatic heterocycles. The number of aromatic nitrogens is 2.